The van der Waals surface area contributed by atoms with Gasteiger partial charge < -0.3 is 14.2 Å². The summed E-state index contributed by atoms with van der Waals surface area (Å²) in [6, 6.07) is 4.93. The number of amides is 1. The molecule has 0 saturated carbocycles. The summed E-state index contributed by atoms with van der Waals surface area (Å²) in [5.74, 6) is -0.448. The van der Waals surface area contributed by atoms with E-state index in [-0.39, 0.29) is 31.4 Å². The minimum atomic E-state index is -0.712. The lowest BCUT2D eigenvalue weighted by Gasteiger charge is -2.32. The van der Waals surface area contributed by atoms with Crippen molar-refractivity contribution in [1.82, 2.24) is 0 Å². The lowest BCUT2D eigenvalue weighted by molar-refractivity contribution is -0.144. The molecule has 1 aliphatic heterocycles. The quantitative estimate of drug-likeness (QED) is 0.405. The minimum Gasteiger partial charge on any atom is -0.479 e. The Morgan fingerprint density at radius 1 is 1.28 bits per heavy atom. The second-order valence-electron chi connectivity index (χ2n) is 5.75. The lowest BCUT2D eigenvalue weighted by Crippen LogP contribution is -2.47. The van der Waals surface area contributed by atoms with Crippen molar-refractivity contribution in [1.29, 1.82) is 0 Å². The van der Waals surface area contributed by atoms with Crippen molar-refractivity contribution in [3.8, 4) is 5.75 Å². The highest BCUT2D eigenvalue weighted by Crippen LogP contribution is 2.35. The van der Waals surface area contributed by atoms with Crippen molar-refractivity contribution in [3.05, 3.63) is 23.8 Å². The molecule has 1 amide bonds. The first-order valence-electron chi connectivity index (χ1n) is 8.27. The van der Waals surface area contributed by atoms with Gasteiger partial charge in [0, 0.05) is 19.1 Å². The van der Waals surface area contributed by atoms with Crippen molar-refractivity contribution in [2.75, 3.05) is 31.8 Å². The number of carbonyl (C=O) groups is 3. The standard InChI is InChI=1S/C18H23NO6/c1-4-5-15(20)13-6-7-16-14(10-13)19(18(22)12(2)25-16)11-17(21)24-9-8-23-3/h6-7,10,12H,4-5,8-9,11H2,1-3H3. The summed E-state index contributed by atoms with van der Waals surface area (Å²) < 4.78 is 15.4. The van der Waals surface area contributed by atoms with Gasteiger partial charge in [0.15, 0.2) is 11.9 Å². The van der Waals surface area contributed by atoms with Gasteiger partial charge in [-0.25, -0.2) is 0 Å². The fourth-order valence-corrected chi connectivity index (χ4v) is 2.53. The molecule has 1 aromatic carbocycles. The first-order valence-corrected chi connectivity index (χ1v) is 8.27. The van der Waals surface area contributed by atoms with E-state index in [1.165, 1.54) is 12.0 Å². The molecule has 0 fully saturated rings. The molecule has 0 saturated heterocycles. The van der Waals surface area contributed by atoms with E-state index in [9.17, 15) is 14.4 Å². The molecule has 136 valence electrons. The SMILES string of the molecule is CCCC(=O)c1ccc2c(c1)N(CC(=O)OCCOC)C(=O)C(C)O2. The maximum absolute atomic E-state index is 12.4. The molecular formula is C18H23NO6. The van der Waals surface area contributed by atoms with Crippen LogP contribution in [-0.2, 0) is 19.1 Å². The fourth-order valence-electron chi connectivity index (χ4n) is 2.53. The second kappa shape index (κ2) is 8.62. The van der Waals surface area contributed by atoms with Gasteiger partial charge in [-0.15, -0.1) is 0 Å². The number of esters is 1. The van der Waals surface area contributed by atoms with Gasteiger partial charge >= 0.3 is 5.97 Å². The number of Topliss-reactive ketones (excluding diaryl/α,β-unsaturated/α-hetero) is 1. The Morgan fingerprint density at radius 3 is 2.72 bits per heavy atom. The van der Waals surface area contributed by atoms with E-state index in [1.54, 1.807) is 25.1 Å². The highest BCUT2D eigenvalue weighted by Gasteiger charge is 2.33. The van der Waals surface area contributed by atoms with Gasteiger partial charge in [-0.2, -0.15) is 0 Å². The largest absolute Gasteiger partial charge is 0.479 e. The molecule has 1 atom stereocenters. The zero-order valence-corrected chi connectivity index (χ0v) is 14.7. The van der Waals surface area contributed by atoms with Gasteiger partial charge in [-0.3, -0.25) is 19.3 Å². The van der Waals surface area contributed by atoms with E-state index in [2.05, 4.69) is 0 Å². The summed E-state index contributed by atoms with van der Waals surface area (Å²) in [4.78, 5) is 37.9. The number of rotatable bonds is 8. The van der Waals surface area contributed by atoms with E-state index in [0.717, 1.165) is 6.42 Å². The maximum Gasteiger partial charge on any atom is 0.326 e. The maximum atomic E-state index is 12.4. The molecule has 1 aliphatic rings. The summed E-state index contributed by atoms with van der Waals surface area (Å²) in [6.45, 7) is 3.70. The first-order chi connectivity index (χ1) is 12.0. The Kier molecular flexibility index (Phi) is 6.52. The Bertz CT molecular complexity index is 657. The predicted octanol–water partition coefficient (Wildman–Crippen LogP) is 1.97. The van der Waals surface area contributed by atoms with Crippen LogP contribution in [0.1, 0.15) is 37.0 Å². The van der Waals surface area contributed by atoms with Crippen LogP contribution in [0.2, 0.25) is 0 Å². The summed E-state index contributed by atoms with van der Waals surface area (Å²) >= 11 is 0. The number of benzene rings is 1. The molecule has 0 N–H and O–H groups in total. The lowest BCUT2D eigenvalue weighted by atomic mass is 10.0. The van der Waals surface area contributed by atoms with Crippen LogP contribution >= 0.6 is 0 Å². The molecule has 1 unspecified atom stereocenters. The average molecular weight is 349 g/mol. The number of nitrogens with zero attached hydrogens (tertiary/aromatic N) is 1. The molecular weight excluding hydrogens is 326 g/mol. The van der Waals surface area contributed by atoms with E-state index >= 15 is 0 Å². The van der Waals surface area contributed by atoms with E-state index in [1.807, 2.05) is 6.92 Å². The van der Waals surface area contributed by atoms with Crippen LogP contribution in [-0.4, -0.2) is 50.6 Å². The Balaban J connectivity index is 2.24. The Hall–Kier alpha value is -2.41. The number of hydrogen-bond donors (Lipinski definition) is 0. The summed E-state index contributed by atoms with van der Waals surface area (Å²) in [6.07, 6.45) is 0.442. The topological polar surface area (TPSA) is 82.1 Å². The van der Waals surface area contributed by atoms with Crippen molar-refractivity contribution in [2.24, 2.45) is 0 Å². The predicted molar refractivity (Wildman–Crippen MR) is 91.0 cm³/mol. The second-order valence-corrected chi connectivity index (χ2v) is 5.75. The Labute approximate surface area is 146 Å². The number of fused-ring (bicyclic) bond motifs is 1. The molecule has 7 heteroatoms. The van der Waals surface area contributed by atoms with E-state index < -0.39 is 12.1 Å². The normalized spacial score (nSPS) is 16.2. The Morgan fingerprint density at radius 2 is 2.04 bits per heavy atom. The van der Waals surface area contributed by atoms with Gasteiger partial charge in [0.2, 0.25) is 0 Å². The molecule has 0 aliphatic carbocycles. The number of methoxy groups -OCH3 is 1. The first kappa shape index (κ1) is 18.9. The van der Waals surface area contributed by atoms with Crippen LogP contribution in [0.25, 0.3) is 0 Å². The third-order valence-electron chi connectivity index (χ3n) is 3.80. The highest BCUT2D eigenvalue weighted by atomic mass is 16.6. The number of anilines is 1. The molecule has 2 rings (SSSR count). The average Bonchev–Trinajstić information content (AvgIpc) is 2.59. The summed E-state index contributed by atoms with van der Waals surface area (Å²) in [5.41, 5.74) is 0.901. The molecule has 0 bridgehead atoms. The molecule has 25 heavy (non-hydrogen) atoms. The number of carbonyl (C=O) groups excluding carboxylic acids is 3. The van der Waals surface area contributed by atoms with Gasteiger partial charge in [-0.05, 0) is 31.5 Å². The molecule has 0 spiro atoms. The number of ether oxygens (including phenoxy) is 3. The minimum absolute atomic E-state index is 0.0148. The van der Waals surface area contributed by atoms with Gasteiger partial charge in [-0.1, -0.05) is 6.92 Å². The van der Waals surface area contributed by atoms with Crippen LogP contribution < -0.4 is 9.64 Å². The number of hydrogen-bond acceptors (Lipinski definition) is 6. The zero-order valence-electron chi connectivity index (χ0n) is 14.7. The van der Waals surface area contributed by atoms with Crippen molar-refractivity contribution in [3.63, 3.8) is 0 Å². The third-order valence-corrected chi connectivity index (χ3v) is 3.80. The number of ketones is 1. The van der Waals surface area contributed by atoms with Crippen LogP contribution in [0.3, 0.4) is 0 Å². The van der Waals surface area contributed by atoms with Crippen molar-refractivity contribution < 1.29 is 28.6 Å². The van der Waals surface area contributed by atoms with Gasteiger partial charge in [0.1, 0.15) is 18.9 Å². The van der Waals surface area contributed by atoms with Crippen LogP contribution in [0.15, 0.2) is 18.2 Å². The third kappa shape index (κ3) is 4.57. The summed E-state index contributed by atoms with van der Waals surface area (Å²) in [7, 11) is 1.51. The van der Waals surface area contributed by atoms with Gasteiger partial charge in [0.05, 0.1) is 12.3 Å². The van der Waals surface area contributed by atoms with Crippen LogP contribution in [0.4, 0.5) is 5.69 Å². The van der Waals surface area contributed by atoms with E-state index in [0.29, 0.717) is 23.4 Å². The van der Waals surface area contributed by atoms with Crippen LogP contribution in [0, 0.1) is 0 Å². The van der Waals surface area contributed by atoms with Crippen LogP contribution in [0.5, 0.6) is 5.75 Å². The summed E-state index contributed by atoms with van der Waals surface area (Å²) in [5, 5.41) is 0. The van der Waals surface area contributed by atoms with Gasteiger partial charge in [0.25, 0.3) is 5.91 Å². The fraction of sp³-hybridized carbons (Fsp3) is 0.500. The monoisotopic (exact) mass is 349 g/mol. The molecule has 1 heterocycles. The smallest absolute Gasteiger partial charge is 0.326 e. The molecule has 0 aromatic heterocycles. The zero-order chi connectivity index (χ0) is 18.4. The molecule has 7 nitrogen and oxygen atoms in total. The van der Waals surface area contributed by atoms with E-state index in [4.69, 9.17) is 14.2 Å². The molecule has 1 aromatic rings. The van der Waals surface area contributed by atoms with Crippen molar-refractivity contribution >= 4 is 23.3 Å². The van der Waals surface area contributed by atoms with Crippen molar-refractivity contribution in [2.45, 2.75) is 32.8 Å². The highest BCUT2D eigenvalue weighted by molar-refractivity contribution is 6.05. The molecule has 0 radical (unpaired) electrons.